The molecule has 2 nitrogen and oxygen atoms in total. The van der Waals surface area contributed by atoms with Crippen molar-refractivity contribution < 1.29 is 13.5 Å². The summed E-state index contributed by atoms with van der Waals surface area (Å²) >= 11 is 0. The Morgan fingerprint density at radius 3 is 2.80 bits per heavy atom. The Labute approximate surface area is 87.0 Å². The standard InChI is InChI=1S/C11H11F2NO/c1-2-4-10(14)8-5-3-6-9(7-8)15-11(12)13/h1,3,5-7,10-11H,4,14H2. The predicted octanol–water partition coefficient (Wildman–Crippen LogP) is 2.31. The second-order valence-electron chi connectivity index (χ2n) is 2.97. The Bertz CT molecular complexity index is 360. The number of halogens is 2. The summed E-state index contributed by atoms with van der Waals surface area (Å²) in [6.07, 6.45) is 5.46. The minimum absolute atomic E-state index is 0.0926. The molecule has 1 unspecified atom stereocenters. The second kappa shape index (κ2) is 5.32. The average molecular weight is 211 g/mol. The first-order valence-corrected chi connectivity index (χ1v) is 4.37. The number of alkyl halides is 2. The number of ether oxygens (including phenoxy) is 1. The molecule has 80 valence electrons. The number of nitrogens with two attached hydrogens (primary N) is 1. The zero-order valence-electron chi connectivity index (χ0n) is 7.99. The van der Waals surface area contributed by atoms with Crippen LogP contribution in [0.4, 0.5) is 8.78 Å². The van der Waals surface area contributed by atoms with E-state index in [1.807, 2.05) is 0 Å². The molecule has 0 spiro atoms. The van der Waals surface area contributed by atoms with Crippen LogP contribution in [0.1, 0.15) is 18.0 Å². The van der Waals surface area contributed by atoms with Crippen LogP contribution in [0.3, 0.4) is 0 Å². The van der Waals surface area contributed by atoms with Gasteiger partial charge in [-0.05, 0) is 17.7 Å². The van der Waals surface area contributed by atoms with Gasteiger partial charge in [-0.3, -0.25) is 0 Å². The van der Waals surface area contributed by atoms with E-state index in [-0.39, 0.29) is 11.8 Å². The van der Waals surface area contributed by atoms with Gasteiger partial charge in [0.15, 0.2) is 0 Å². The molecule has 1 aromatic carbocycles. The number of rotatable bonds is 4. The molecule has 0 saturated carbocycles. The molecule has 1 rings (SSSR count). The van der Waals surface area contributed by atoms with Crippen LogP contribution in [-0.2, 0) is 0 Å². The molecular weight excluding hydrogens is 200 g/mol. The van der Waals surface area contributed by atoms with Crippen molar-refractivity contribution >= 4 is 0 Å². The Morgan fingerprint density at radius 1 is 1.47 bits per heavy atom. The van der Waals surface area contributed by atoms with Crippen LogP contribution < -0.4 is 10.5 Å². The molecule has 0 aliphatic rings. The van der Waals surface area contributed by atoms with Crippen molar-refractivity contribution in [2.24, 2.45) is 5.73 Å². The van der Waals surface area contributed by atoms with Gasteiger partial charge in [0.25, 0.3) is 0 Å². The van der Waals surface area contributed by atoms with Gasteiger partial charge in [-0.1, -0.05) is 12.1 Å². The molecule has 0 fully saturated rings. The zero-order chi connectivity index (χ0) is 11.3. The normalized spacial score (nSPS) is 12.2. The highest BCUT2D eigenvalue weighted by molar-refractivity contribution is 5.31. The molecule has 0 amide bonds. The SMILES string of the molecule is C#CCC(N)c1cccc(OC(F)F)c1. The van der Waals surface area contributed by atoms with Crippen LogP contribution in [0.25, 0.3) is 0 Å². The van der Waals surface area contributed by atoms with Gasteiger partial charge in [-0.25, -0.2) is 0 Å². The van der Waals surface area contributed by atoms with Gasteiger partial charge in [0.05, 0.1) is 0 Å². The van der Waals surface area contributed by atoms with Crippen LogP contribution in [-0.4, -0.2) is 6.61 Å². The third-order valence-corrected chi connectivity index (χ3v) is 1.85. The summed E-state index contributed by atoms with van der Waals surface area (Å²) in [6.45, 7) is -2.83. The predicted molar refractivity (Wildman–Crippen MR) is 53.5 cm³/mol. The van der Waals surface area contributed by atoms with E-state index in [1.165, 1.54) is 12.1 Å². The molecule has 0 saturated heterocycles. The van der Waals surface area contributed by atoms with Crippen LogP contribution in [0, 0.1) is 12.3 Å². The molecule has 0 heterocycles. The Hall–Kier alpha value is -1.60. The third-order valence-electron chi connectivity index (χ3n) is 1.85. The highest BCUT2D eigenvalue weighted by Gasteiger charge is 2.08. The van der Waals surface area contributed by atoms with Crippen molar-refractivity contribution in [1.82, 2.24) is 0 Å². The molecule has 4 heteroatoms. The Kier molecular flexibility index (Phi) is 4.07. The van der Waals surface area contributed by atoms with E-state index in [9.17, 15) is 8.78 Å². The van der Waals surface area contributed by atoms with Gasteiger partial charge >= 0.3 is 6.61 Å². The Balaban J connectivity index is 2.78. The van der Waals surface area contributed by atoms with Crippen molar-refractivity contribution in [3.63, 3.8) is 0 Å². The first-order valence-electron chi connectivity index (χ1n) is 4.37. The van der Waals surface area contributed by atoms with Crippen molar-refractivity contribution in [2.75, 3.05) is 0 Å². The van der Waals surface area contributed by atoms with E-state index in [2.05, 4.69) is 10.7 Å². The van der Waals surface area contributed by atoms with E-state index in [0.717, 1.165) is 0 Å². The lowest BCUT2D eigenvalue weighted by atomic mass is 10.1. The van der Waals surface area contributed by atoms with Gasteiger partial charge in [0, 0.05) is 12.5 Å². The van der Waals surface area contributed by atoms with Gasteiger partial charge in [0.2, 0.25) is 0 Å². The van der Waals surface area contributed by atoms with Gasteiger partial charge in [0.1, 0.15) is 5.75 Å². The van der Waals surface area contributed by atoms with Crippen LogP contribution in [0.2, 0.25) is 0 Å². The molecular formula is C11H11F2NO. The minimum Gasteiger partial charge on any atom is -0.435 e. The van der Waals surface area contributed by atoms with Crippen LogP contribution in [0.15, 0.2) is 24.3 Å². The van der Waals surface area contributed by atoms with Crippen LogP contribution >= 0.6 is 0 Å². The molecule has 1 aromatic rings. The summed E-state index contributed by atoms with van der Waals surface area (Å²) in [5.74, 6) is 2.50. The van der Waals surface area contributed by atoms with Crippen molar-refractivity contribution in [2.45, 2.75) is 19.1 Å². The van der Waals surface area contributed by atoms with E-state index in [0.29, 0.717) is 12.0 Å². The average Bonchev–Trinajstić information content (AvgIpc) is 2.17. The van der Waals surface area contributed by atoms with Crippen molar-refractivity contribution in [3.8, 4) is 18.1 Å². The smallest absolute Gasteiger partial charge is 0.387 e. The second-order valence-corrected chi connectivity index (χ2v) is 2.97. The Morgan fingerprint density at radius 2 is 2.20 bits per heavy atom. The summed E-state index contributed by atoms with van der Waals surface area (Å²) in [6, 6.07) is 5.88. The lowest BCUT2D eigenvalue weighted by Gasteiger charge is -2.10. The lowest BCUT2D eigenvalue weighted by molar-refractivity contribution is -0.0498. The molecule has 1 atom stereocenters. The number of terminal acetylenes is 1. The molecule has 15 heavy (non-hydrogen) atoms. The maximum absolute atomic E-state index is 11.9. The molecule has 0 radical (unpaired) electrons. The summed E-state index contributed by atoms with van der Waals surface area (Å²) in [5, 5.41) is 0. The van der Waals surface area contributed by atoms with Gasteiger partial charge in [-0.2, -0.15) is 8.78 Å². The maximum Gasteiger partial charge on any atom is 0.387 e. The van der Waals surface area contributed by atoms with Crippen molar-refractivity contribution in [1.29, 1.82) is 0 Å². The first kappa shape index (κ1) is 11.5. The largest absolute Gasteiger partial charge is 0.435 e. The van der Waals surface area contributed by atoms with Crippen LogP contribution in [0.5, 0.6) is 5.75 Å². The van der Waals surface area contributed by atoms with Crippen molar-refractivity contribution in [3.05, 3.63) is 29.8 Å². The fourth-order valence-corrected chi connectivity index (χ4v) is 1.17. The highest BCUT2D eigenvalue weighted by Crippen LogP contribution is 2.20. The summed E-state index contributed by atoms with van der Waals surface area (Å²) in [4.78, 5) is 0. The molecule has 0 aliphatic carbocycles. The third kappa shape index (κ3) is 3.56. The van der Waals surface area contributed by atoms with Gasteiger partial charge in [-0.15, -0.1) is 12.3 Å². The molecule has 0 aliphatic heterocycles. The summed E-state index contributed by atoms with van der Waals surface area (Å²) in [5.41, 5.74) is 6.41. The fraction of sp³-hybridized carbons (Fsp3) is 0.273. The topological polar surface area (TPSA) is 35.2 Å². The quantitative estimate of drug-likeness (QED) is 0.775. The highest BCUT2D eigenvalue weighted by atomic mass is 19.3. The number of hydrogen-bond donors (Lipinski definition) is 1. The lowest BCUT2D eigenvalue weighted by Crippen LogP contribution is -2.10. The maximum atomic E-state index is 11.9. The summed E-state index contributed by atoms with van der Waals surface area (Å²) in [7, 11) is 0. The minimum atomic E-state index is -2.83. The molecule has 0 aromatic heterocycles. The number of benzene rings is 1. The van der Waals surface area contributed by atoms with E-state index >= 15 is 0 Å². The van der Waals surface area contributed by atoms with E-state index in [4.69, 9.17) is 12.2 Å². The first-order chi connectivity index (χ1) is 7.13. The summed E-state index contributed by atoms with van der Waals surface area (Å²) < 4.78 is 28.1. The zero-order valence-corrected chi connectivity index (χ0v) is 7.99. The van der Waals surface area contributed by atoms with E-state index in [1.54, 1.807) is 12.1 Å². The fourth-order valence-electron chi connectivity index (χ4n) is 1.17. The number of hydrogen-bond acceptors (Lipinski definition) is 2. The van der Waals surface area contributed by atoms with Gasteiger partial charge < -0.3 is 10.5 Å². The molecule has 2 N–H and O–H groups in total. The van der Waals surface area contributed by atoms with E-state index < -0.39 is 6.61 Å². The monoisotopic (exact) mass is 211 g/mol. The molecule has 0 bridgehead atoms.